The molecule has 1 N–H and O–H groups in total. The molecule has 0 aliphatic heterocycles. The summed E-state index contributed by atoms with van der Waals surface area (Å²) in [6, 6.07) is 5.80. The van der Waals surface area contributed by atoms with Crippen LogP contribution in [0, 0.1) is 5.82 Å². The van der Waals surface area contributed by atoms with Gasteiger partial charge in [-0.3, -0.25) is 13.9 Å². The van der Waals surface area contributed by atoms with E-state index in [-0.39, 0.29) is 24.7 Å². The van der Waals surface area contributed by atoms with Crippen molar-refractivity contribution >= 4 is 5.91 Å². The number of rotatable bonds is 4. The van der Waals surface area contributed by atoms with Crippen LogP contribution in [0.3, 0.4) is 0 Å². The zero-order chi connectivity index (χ0) is 13.8. The summed E-state index contributed by atoms with van der Waals surface area (Å²) in [6.07, 6.45) is 0.281. The number of amides is 1. The molecule has 2 aromatic rings. The van der Waals surface area contributed by atoms with E-state index in [2.05, 4.69) is 15.0 Å². The largest absolute Gasteiger partial charge is 0.442 e. The van der Waals surface area contributed by atoms with Crippen LogP contribution in [0.1, 0.15) is 11.4 Å². The molecule has 100 valence electrons. The van der Waals surface area contributed by atoms with E-state index in [4.69, 9.17) is 0 Å². The van der Waals surface area contributed by atoms with Gasteiger partial charge in [0.25, 0.3) is 0 Å². The number of benzene rings is 1. The summed E-state index contributed by atoms with van der Waals surface area (Å²) in [6.45, 7) is -0.157. The van der Waals surface area contributed by atoms with Crippen LogP contribution in [0.25, 0.3) is 0 Å². The third-order valence-corrected chi connectivity index (χ3v) is 2.62. The first kappa shape index (κ1) is 13.0. The maximum Gasteiger partial charge on any atom is 0.442 e. The number of aromatic nitrogens is 2. The van der Waals surface area contributed by atoms with Gasteiger partial charge in [-0.1, -0.05) is 17.3 Å². The molecule has 0 spiro atoms. The molecule has 1 aromatic heterocycles. The maximum absolute atomic E-state index is 12.8. The van der Waals surface area contributed by atoms with Crippen LogP contribution < -0.4 is 11.1 Å². The average Bonchev–Trinajstić information content (AvgIpc) is 2.74. The molecule has 0 unspecified atom stereocenters. The van der Waals surface area contributed by atoms with Crippen LogP contribution in [-0.4, -0.2) is 22.7 Å². The van der Waals surface area contributed by atoms with Gasteiger partial charge in [0.2, 0.25) is 5.91 Å². The highest BCUT2D eigenvalue weighted by atomic mass is 19.1. The highest BCUT2D eigenvalue weighted by Gasteiger charge is 2.13. The SMILES string of the molecule is CNC(=O)Cn1c(Cc2ccc(F)cc2)noc1=O. The first-order valence-corrected chi connectivity index (χ1v) is 5.60. The van der Waals surface area contributed by atoms with Gasteiger partial charge in [-0.25, -0.2) is 9.18 Å². The number of halogens is 1. The summed E-state index contributed by atoms with van der Waals surface area (Å²) < 4.78 is 18.5. The molecule has 19 heavy (non-hydrogen) atoms. The van der Waals surface area contributed by atoms with Crippen molar-refractivity contribution in [3.63, 3.8) is 0 Å². The summed E-state index contributed by atoms with van der Waals surface area (Å²) in [7, 11) is 1.47. The van der Waals surface area contributed by atoms with Crippen molar-refractivity contribution in [2.45, 2.75) is 13.0 Å². The molecular weight excluding hydrogens is 253 g/mol. The van der Waals surface area contributed by atoms with Gasteiger partial charge in [-0.15, -0.1) is 0 Å². The molecule has 6 nitrogen and oxygen atoms in total. The minimum Gasteiger partial charge on any atom is -0.358 e. The molecule has 0 saturated heterocycles. The lowest BCUT2D eigenvalue weighted by atomic mass is 10.1. The van der Waals surface area contributed by atoms with Gasteiger partial charge in [-0.05, 0) is 17.7 Å². The monoisotopic (exact) mass is 265 g/mol. The molecule has 0 fully saturated rings. The number of likely N-dealkylation sites (N-methyl/N-ethyl adjacent to an activating group) is 1. The highest BCUT2D eigenvalue weighted by Crippen LogP contribution is 2.07. The van der Waals surface area contributed by atoms with Crippen LogP contribution in [0.5, 0.6) is 0 Å². The van der Waals surface area contributed by atoms with E-state index >= 15 is 0 Å². The van der Waals surface area contributed by atoms with Crippen LogP contribution in [0.2, 0.25) is 0 Å². The fourth-order valence-electron chi connectivity index (χ4n) is 1.59. The molecule has 0 atom stereocenters. The van der Waals surface area contributed by atoms with Gasteiger partial charge in [0, 0.05) is 13.5 Å². The Bertz CT molecular complexity index is 630. The number of carbonyl (C=O) groups is 1. The van der Waals surface area contributed by atoms with Gasteiger partial charge < -0.3 is 5.32 Å². The van der Waals surface area contributed by atoms with Crippen molar-refractivity contribution in [3.8, 4) is 0 Å². The Labute approximate surface area is 107 Å². The van der Waals surface area contributed by atoms with E-state index in [0.717, 1.165) is 10.1 Å². The fraction of sp³-hybridized carbons (Fsp3) is 0.250. The number of nitrogens with zero attached hydrogens (tertiary/aromatic N) is 2. The first-order valence-electron chi connectivity index (χ1n) is 5.60. The Kier molecular flexibility index (Phi) is 3.74. The lowest BCUT2D eigenvalue weighted by molar-refractivity contribution is -0.121. The van der Waals surface area contributed by atoms with Crippen molar-refractivity contribution in [2.24, 2.45) is 0 Å². The third kappa shape index (κ3) is 3.06. The lowest BCUT2D eigenvalue weighted by Crippen LogP contribution is -2.29. The van der Waals surface area contributed by atoms with Gasteiger partial charge in [-0.2, -0.15) is 0 Å². The minimum absolute atomic E-state index is 0.157. The quantitative estimate of drug-likeness (QED) is 0.863. The lowest BCUT2D eigenvalue weighted by Gasteiger charge is -2.03. The third-order valence-electron chi connectivity index (χ3n) is 2.62. The topological polar surface area (TPSA) is 77.1 Å². The van der Waals surface area contributed by atoms with Crippen LogP contribution in [0.4, 0.5) is 4.39 Å². The van der Waals surface area contributed by atoms with Crippen molar-refractivity contribution in [1.29, 1.82) is 0 Å². The number of nitrogens with one attached hydrogen (secondary N) is 1. The van der Waals surface area contributed by atoms with E-state index in [9.17, 15) is 14.0 Å². The Hall–Kier alpha value is -2.44. The van der Waals surface area contributed by atoms with Crippen molar-refractivity contribution in [3.05, 3.63) is 52.0 Å². The summed E-state index contributed by atoms with van der Waals surface area (Å²) >= 11 is 0. The molecule has 0 radical (unpaired) electrons. The molecule has 1 aromatic carbocycles. The molecular formula is C12H12FN3O3. The van der Waals surface area contributed by atoms with Gasteiger partial charge in [0.05, 0.1) is 0 Å². The highest BCUT2D eigenvalue weighted by molar-refractivity contribution is 5.75. The molecule has 1 heterocycles. The second-order valence-electron chi connectivity index (χ2n) is 3.93. The molecule has 1 amide bonds. The summed E-state index contributed by atoms with van der Waals surface area (Å²) in [5.41, 5.74) is 0.764. The standard InChI is InChI=1S/C12H12FN3O3/c1-14-11(17)7-16-10(15-19-12(16)18)6-8-2-4-9(13)5-3-8/h2-5H,6-7H2,1H3,(H,14,17). The second kappa shape index (κ2) is 5.47. The fourth-order valence-corrected chi connectivity index (χ4v) is 1.59. The van der Waals surface area contributed by atoms with Crippen molar-refractivity contribution < 1.29 is 13.7 Å². The van der Waals surface area contributed by atoms with Crippen molar-refractivity contribution in [2.75, 3.05) is 7.05 Å². The number of carbonyl (C=O) groups excluding carboxylic acids is 1. The molecule has 0 aliphatic rings. The van der Waals surface area contributed by atoms with Gasteiger partial charge >= 0.3 is 5.76 Å². The molecule has 2 rings (SSSR count). The van der Waals surface area contributed by atoms with E-state index in [1.165, 1.54) is 19.2 Å². The molecule has 0 aliphatic carbocycles. The van der Waals surface area contributed by atoms with E-state index in [0.29, 0.717) is 5.82 Å². The average molecular weight is 265 g/mol. The van der Waals surface area contributed by atoms with Crippen LogP contribution >= 0.6 is 0 Å². The molecule has 0 saturated carbocycles. The van der Waals surface area contributed by atoms with E-state index < -0.39 is 5.76 Å². The molecule has 7 heteroatoms. The predicted molar refractivity (Wildman–Crippen MR) is 64.0 cm³/mol. The number of hydrogen-bond donors (Lipinski definition) is 1. The zero-order valence-electron chi connectivity index (χ0n) is 10.2. The Morgan fingerprint density at radius 3 is 2.74 bits per heavy atom. The second-order valence-corrected chi connectivity index (χ2v) is 3.93. The molecule has 0 bridgehead atoms. The normalized spacial score (nSPS) is 10.4. The summed E-state index contributed by atoms with van der Waals surface area (Å²) in [4.78, 5) is 22.7. The summed E-state index contributed by atoms with van der Waals surface area (Å²) in [5.74, 6) is -1.04. The van der Waals surface area contributed by atoms with Gasteiger partial charge in [0.1, 0.15) is 12.4 Å². The maximum atomic E-state index is 12.8. The Morgan fingerprint density at radius 2 is 2.11 bits per heavy atom. The smallest absolute Gasteiger partial charge is 0.358 e. The van der Waals surface area contributed by atoms with Gasteiger partial charge in [0.15, 0.2) is 5.82 Å². The van der Waals surface area contributed by atoms with Crippen LogP contribution in [0.15, 0.2) is 33.6 Å². The zero-order valence-corrected chi connectivity index (χ0v) is 10.2. The first-order chi connectivity index (χ1) is 9.10. The summed E-state index contributed by atoms with van der Waals surface area (Å²) in [5, 5.41) is 6.03. The Balaban J connectivity index is 2.23. The van der Waals surface area contributed by atoms with Crippen LogP contribution in [-0.2, 0) is 17.8 Å². The van der Waals surface area contributed by atoms with E-state index in [1.807, 2.05) is 0 Å². The van der Waals surface area contributed by atoms with E-state index in [1.54, 1.807) is 12.1 Å². The minimum atomic E-state index is -0.694. The van der Waals surface area contributed by atoms with Crippen molar-refractivity contribution in [1.82, 2.24) is 15.0 Å². The Morgan fingerprint density at radius 1 is 1.42 bits per heavy atom. The predicted octanol–water partition coefficient (Wildman–Crippen LogP) is 0.312. The number of hydrogen-bond acceptors (Lipinski definition) is 4.